The Morgan fingerprint density at radius 3 is 1.84 bits per heavy atom. The van der Waals surface area contributed by atoms with Gasteiger partial charge in [0.15, 0.2) is 23.0 Å². The number of thiol groups is 1. The molecular weight excluding hydrogens is 460 g/mol. The molecular formula is C21H28O7S3. The van der Waals surface area contributed by atoms with E-state index in [9.17, 15) is 5.11 Å². The fourth-order valence-corrected chi connectivity index (χ4v) is 4.00. The Morgan fingerprint density at radius 1 is 0.871 bits per heavy atom. The van der Waals surface area contributed by atoms with E-state index in [1.54, 1.807) is 38.5 Å². The Balaban J connectivity index is 0.000000327. The molecule has 0 aliphatic carbocycles. The molecule has 0 saturated heterocycles. The highest BCUT2D eigenvalue weighted by Crippen LogP contribution is 2.36. The van der Waals surface area contributed by atoms with Crippen LogP contribution in [0.3, 0.4) is 0 Å². The molecule has 2 aromatic carbocycles. The van der Waals surface area contributed by atoms with Crippen molar-refractivity contribution < 1.29 is 33.9 Å². The molecule has 0 radical (unpaired) electrons. The van der Waals surface area contributed by atoms with Crippen LogP contribution in [-0.2, 0) is 18.0 Å². The van der Waals surface area contributed by atoms with Gasteiger partial charge in [0.1, 0.15) is 0 Å². The van der Waals surface area contributed by atoms with Crippen molar-refractivity contribution in [2.45, 2.75) is 29.9 Å². The summed E-state index contributed by atoms with van der Waals surface area (Å²) in [6.45, 7) is 2.19. The molecule has 31 heavy (non-hydrogen) atoms. The third-order valence-electron chi connectivity index (χ3n) is 3.87. The van der Waals surface area contributed by atoms with Gasteiger partial charge in [-0.25, -0.2) is 0 Å². The highest BCUT2D eigenvalue weighted by molar-refractivity contribution is 8.22. The van der Waals surface area contributed by atoms with Crippen molar-refractivity contribution in [1.29, 1.82) is 0 Å². The maximum atomic E-state index is 9.32. The van der Waals surface area contributed by atoms with Crippen molar-refractivity contribution in [2.24, 2.45) is 0 Å². The molecule has 2 N–H and O–H groups in total. The first kappa shape index (κ1) is 27.2. The summed E-state index contributed by atoms with van der Waals surface area (Å²) in [6.07, 6.45) is 0. The monoisotopic (exact) mass is 488 g/mol. The number of ether oxygens (including phenoxy) is 5. The van der Waals surface area contributed by atoms with Crippen molar-refractivity contribution in [3.63, 3.8) is 0 Å². The van der Waals surface area contributed by atoms with Crippen LogP contribution < -0.4 is 18.9 Å². The van der Waals surface area contributed by atoms with Crippen molar-refractivity contribution in [3.05, 3.63) is 35.4 Å². The molecule has 172 valence electrons. The molecule has 10 heteroatoms. The zero-order valence-corrected chi connectivity index (χ0v) is 20.7. The van der Waals surface area contributed by atoms with E-state index in [0.29, 0.717) is 45.1 Å². The fourth-order valence-electron chi connectivity index (χ4n) is 2.58. The van der Waals surface area contributed by atoms with Gasteiger partial charge >= 0.3 is 0 Å². The molecule has 0 fully saturated rings. The Hall–Kier alpha value is -1.85. The Bertz CT molecular complexity index is 809. The van der Waals surface area contributed by atoms with Gasteiger partial charge in [-0.1, -0.05) is 0 Å². The van der Waals surface area contributed by atoms with Gasteiger partial charge in [-0.15, -0.1) is 12.6 Å². The molecule has 0 spiro atoms. The fraction of sp³-hybridized carbons (Fsp3) is 0.381. The highest BCUT2D eigenvalue weighted by atomic mass is 32.2. The molecule has 0 bridgehead atoms. The molecule has 0 unspecified atom stereocenters. The number of aliphatic hydroxyl groups is 2. The molecule has 2 aromatic rings. The number of methoxy groups -OCH3 is 4. The Labute approximate surface area is 198 Å². The maximum absolute atomic E-state index is 9.32. The van der Waals surface area contributed by atoms with Gasteiger partial charge in [0.25, 0.3) is 0 Å². The lowest BCUT2D eigenvalue weighted by atomic mass is 10.2. The molecule has 7 nitrogen and oxygen atoms in total. The number of benzene rings is 2. The lowest BCUT2D eigenvalue weighted by Crippen LogP contribution is -1.99. The zero-order valence-electron chi connectivity index (χ0n) is 18.1. The van der Waals surface area contributed by atoms with Crippen molar-refractivity contribution in [2.75, 3.05) is 35.0 Å². The predicted molar refractivity (Wildman–Crippen MR) is 128 cm³/mol. The summed E-state index contributed by atoms with van der Waals surface area (Å²) in [5.41, 5.74) is 1.32. The average molecular weight is 489 g/mol. The third-order valence-corrected chi connectivity index (χ3v) is 5.26. The number of aliphatic hydroxyl groups excluding tert-OH is 2. The topological polar surface area (TPSA) is 86.6 Å². The van der Waals surface area contributed by atoms with Gasteiger partial charge in [0.2, 0.25) is 4.38 Å². The van der Waals surface area contributed by atoms with E-state index < -0.39 is 0 Å². The zero-order chi connectivity index (χ0) is 23.4. The lowest BCUT2D eigenvalue weighted by molar-refractivity contribution is 0.269. The molecule has 0 heterocycles. The normalized spacial score (nSPS) is 9.94. The second-order valence-corrected chi connectivity index (χ2v) is 7.95. The minimum absolute atomic E-state index is 0.0894. The molecule has 0 aromatic heterocycles. The number of thioether (sulfide) groups is 1. The van der Waals surface area contributed by atoms with Crippen LogP contribution in [0.15, 0.2) is 34.1 Å². The Kier molecular flexibility index (Phi) is 12.5. The molecule has 0 aliphatic heterocycles. The predicted octanol–water partition coefficient (Wildman–Crippen LogP) is 4.09. The van der Waals surface area contributed by atoms with Crippen LogP contribution in [0, 0.1) is 0 Å². The number of rotatable bonds is 8. The number of thiocarbonyl (C=S) groups is 1. The van der Waals surface area contributed by atoms with E-state index in [4.69, 9.17) is 41.0 Å². The van der Waals surface area contributed by atoms with Crippen LogP contribution in [-0.4, -0.2) is 49.6 Å². The van der Waals surface area contributed by atoms with Crippen molar-refractivity contribution >= 4 is 41.0 Å². The SMILES string of the molecule is CCOC(=S)Sc1cc(CO)c(OC)c(OC)c1.COc1cc(S)cc(CO)c1OC. The minimum atomic E-state index is -0.130. The summed E-state index contributed by atoms with van der Waals surface area (Å²) in [5.74, 6) is 2.24. The van der Waals surface area contributed by atoms with E-state index in [2.05, 4.69) is 12.6 Å². The Morgan fingerprint density at radius 2 is 1.39 bits per heavy atom. The van der Waals surface area contributed by atoms with E-state index in [1.165, 1.54) is 26.0 Å². The summed E-state index contributed by atoms with van der Waals surface area (Å²) in [5, 5.41) is 18.3. The smallest absolute Gasteiger partial charge is 0.224 e. The molecule has 2 rings (SSSR count). The van der Waals surface area contributed by atoms with Gasteiger partial charge in [0, 0.05) is 20.9 Å². The van der Waals surface area contributed by atoms with Crippen molar-refractivity contribution in [1.82, 2.24) is 0 Å². The summed E-state index contributed by atoms with van der Waals surface area (Å²) < 4.78 is 26.3. The van der Waals surface area contributed by atoms with Crippen LogP contribution in [0.4, 0.5) is 0 Å². The minimum Gasteiger partial charge on any atom is -0.493 e. The van der Waals surface area contributed by atoms with E-state index in [1.807, 2.05) is 6.92 Å². The van der Waals surface area contributed by atoms with Crippen LogP contribution in [0.2, 0.25) is 0 Å². The van der Waals surface area contributed by atoms with E-state index >= 15 is 0 Å². The van der Waals surface area contributed by atoms with Gasteiger partial charge in [0.05, 0.1) is 48.3 Å². The first-order valence-electron chi connectivity index (χ1n) is 9.13. The standard InChI is InChI=1S/C12H16O4S2.C9H12O3S/c1-4-16-12(17)18-9-5-8(7-13)11(15-3)10(6-9)14-2;1-11-8-4-7(13)3-6(5-10)9(8)12-2/h5-6,13H,4,7H2,1-3H3;3-4,10,13H,5H2,1-2H3. The van der Waals surface area contributed by atoms with Crippen LogP contribution in [0.5, 0.6) is 23.0 Å². The summed E-state index contributed by atoms with van der Waals surface area (Å²) in [6, 6.07) is 7.08. The maximum Gasteiger partial charge on any atom is 0.224 e. The van der Waals surface area contributed by atoms with Gasteiger partial charge in [-0.2, -0.15) is 0 Å². The van der Waals surface area contributed by atoms with E-state index in [0.717, 1.165) is 9.79 Å². The molecule has 0 saturated carbocycles. The highest BCUT2D eigenvalue weighted by Gasteiger charge is 2.13. The molecule has 0 aliphatic rings. The first-order valence-corrected chi connectivity index (χ1v) is 10.8. The largest absolute Gasteiger partial charge is 0.493 e. The number of hydrogen-bond donors (Lipinski definition) is 3. The second kappa shape index (κ2) is 14.3. The summed E-state index contributed by atoms with van der Waals surface area (Å²) >= 11 is 10.5. The molecule has 0 amide bonds. The van der Waals surface area contributed by atoms with Crippen LogP contribution in [0.25, 0.3) is 0 Å². The van der Waals surface area contributed by atoms with Gasteiger partial charge in [-0.05, 0) is 55.2 Å². The van der Waals surface area contributed by atoms with Crippen molar-refractivity contribution in [3.8, 4) is 23.0 Å². The second-order valence-electron chi connectivity index (χ2n) is 5.76. The van der Waals surface area contributed by atoms with E-state index in [-0.39, 0.29) is 13.2 Å². The third kappa shape index (κ3) is 7.97. The number of hydrogen-bond acceptors (Lipinski definition) is 10. The van der Waals surface area contributed by atoms with Gasteiger partial charge < -0.3 is 33.9 Å². The molecule has 0 atom stereocenters. The summed E-state index contributed by atoms with van der Waals surface area (Å²) in [7, 11) is 6.17. The lowest BCUT2D eigenvalue weighted by Gasteiger charge is -2.13. The van der Waals surface area contributed by atoms with Crippen LogP contribution >= 0.6 is 36.6 Å². The quantitative estimate of drug-likeness (QED) is 0.289. The first-order chi connectivity index (χ1) is 14.9. The summed E-state index contributed by atoms with van der Waals surface area (Å²) in [4.78, 5) is 1.58. The van der Waals surface area contributed by atoms with Crippen LogP contribution in [0.1, 0.15) is 18.1 Å². The van der Waals surface area contributed by atoms with Gasteiger partial charge in [-0.3, -0.25) is 0 Å². The average Bonchev–Trinajstić information content (AvgIpc) is 2.77.